The predicted molar refractivity (Wildman–Crippen MR) is 106 cm³/mol. The first-order valence-corrected chi connectivity index (χ1v) is 9.04. The van der Waals surface area contributed by atoms with E-state index in [0.29, 0.717) is 16.5 Å². The van der Waals surface area contributed by atoms with Crippen molar-refractivity contribution in [3.8, 4) is 6.07 Å². The largest absolute Gasteiger partial charge is 0.464 e. The molecule has 0 aliphatic rings. The number of hydrogen-bond acceptors (Lipinski definition) is 6. The van der Waals surface area contributed by atoms with Crippen molar-refractivity contribution < 1.29 is 13.9 Å². The minimum Gasteiger partial charge on any atom is -0.464 e. The molecule has 7 heteroatoms. The summed E-state index contributed by atoms with van der Waals surface area (Å²) in [5.41, 5.74) is 2.67. The monoisotopic (exact) mass is 387 g/mol. The number of aryl methyl sites for hydroxylation is 1. The zero-order valence-electron chi connectivity index (χ0n) is 15.7. The molecule has 144 valence electrons. The Morgan fingerprint density at radius 3 is 2.90 bits per heavy atom. The first-order valence-electron chi connectivity index (χ1n) is 9.04. The van der Waals surface area contributed by atoms with Crippen molar-refractivity contribution in [3.63, 3.8) is 0 Å². The maximum atomic E-state index is 12.6. The van der Waals surface area contributed by atoms with E-state index in [9.17, 15) is 9.59 Å². The van der Waals surface area contributed by atoms with Gasteiger partial charge in [0.25, 0.3) is 5.56 Å². The fourth-order valence-corrected chi connectivity index (χ4v) is 3.24. The second-order valence-electron chi connectivity index (χ2n) is 6.69. The smallest absolute Gasteiger partial charge is 0.310 e. The van der Waals surface area contributed by atoms with Crippen molar-refractivity contribution in [3.05, 3.63) is 76.0 Å². The summed E-state index contributed by atoms with van der Waals surface area (Å²) in [6.45, 7) is 1.60. The highest BCUT2D eigenvalue weighted by molar-refractivity contribution is 5.86. The van der Waals surface area contributed by atoms with Gasteiger partial charge in [0.2, 0.25) is 0 Å². The number of para-hydroxylation sites is 1. The maximum absolute atomic E-state index is 12.6. The van der Waals surface area contributed by atoms with Gasteiger partial charge in [0, 0.05) is 10.9 Å². The van der Waals surface area contributed by atoms with Crippen molar-refractivity contribution in [2.24, 2.45) is 0 Å². The number of furan rings is 1. The number of fused-ring (bicyclic) bond motifs is 2. The Labute approximate surface area is 165 Å². The van der Waals surface area contributed by atoms with E-state index in [0.717, 1.165) is 16.5 Å². The summed E-state index contributed by atoms with van der Waals surface area (Å²) in [5, 5.41) is 10.3. The molecule has 2 aromatic carbocycles. The van der Waals surface area contributed by atoms with Crippen LogP contribution in [0.2, 0.25) is 0 Å². The molecule has 0 bridgehead atoms. The average molecular weight is 387 g/mol. The molecule has 0 unspecified atom stereocenters. The van der Waals surface area contributed by atoms with Gasteiger partial charge in [-0.05, 0) is 30.7 Å². The number of nitrogens with zero attached hydrogens (tertiary/aromatic N) is 3. The lowest BCUT2D eigenvalue weighted by atomic mass is 10.1. The van der Waals surface area contributed by atoms with Gasteiger partial charge < -0.3 is 9.15 Å². The number of carbonyl (C=O) groups is 1. The number of hydrogen-bond donors (Lipinski definition) is 0. The molecular formula is C22H17N3O4. The first kappa shape index (κ1) is 18.4. The summed E-state index contributed by atoms with van der Waals surface area (Å²) < 4.78 is 12.1. The topological polar surface area (TPSA) is 98.1 Å². The van der Waals surface area contributed by atoms with E-state index in [2.05, 4.69) is 4.98 Å². The van der Waals surface area contributed by atoms with Crippen LogP contribution in [0.4, 0.5) is 0 Å². The maximum Gasteiger partial charge on any atom is 0.310 e. The zero-order chi connectivity index (χ0) is 20.4. The zero-order valence-corrected chi connectivity index (χ0v) is 15.7. The molecule has 2 aromatic heterocycles. The number of aromatic nitrogens is 2. The average Bonchev–Trinajstić information content (AvgIpc) is 3.10. The second kappa shape index (κ2) is 7.60. The number of ether oxygens (including phenoxy) is 1. The summed E-state index contributed by atoms with van der Waals surface area (Å²) >= 11 is 0. The Morgan fingerprint density at radius 1 is 1.24 bits per heavy atom. The lowest BCUT2D eigenvalue weighted by molar-refractivity contribution is -0.144. The molecule has 4 rings (SSSR count). The van der Waals surface area contributed by atoms with Gasteiger partial charge in [-0.15, -0.1) is 0 Å². The van der Waals surface area contributed by atoms with Gasteiger partial charge in [0.15, 0.2) is 5.82 Å². The van der Waals surface area contributed by atoms with Gasteiger partial charge in [-0.2, -0.15) is 5.26 Å². The Balaban J connectivity index is 1.55. The van der Waals surface area contributed by atoms with Gasteiger partial charge in [0.05, 0.1) is 29.7 Å². The number of esters is 1. The predicted octanol–water partition coefficient (Wildman–Crippen LogP) is 3.26. The quantitative estimate of drug-likeness (QED) is 0.488. The Hall–Kier alpha value is -3.92. The van der Waals surface area contributed by atoms with Crippen LogP contribution >= 0.6 is 0 Å². The van der Waals surface area contributed by atoms with Crippen LogP contribution in [0.5, 0.6) is 0 Å². The fourth-order valence-electron chi connectivity index (χ4n) is 3.24. The van der Waals surface area contributed by atoms with E-state index >= 15 is 0 Å². The van der Waals surface area contributed by atoms with E-state index < -0.39 is 5.97 Å². The van der Waals surface area contributed by atoms with Crippen LogP contribution in [-0.4, -0.2) is 15.5 Å². The summed E-state index contributed by atoms with van der Waals surface area (Å²) in [4.78, 5) is 29.4. The van der Waals surface area contributed by atoms with Crippen LogP contribution in [0.25, 0.3) is 21.9 Å². The third-order valence-corrected chi connectivity index (χ3v) is 4.68. The fraction of sp³-hybridized carbons (Fsp3) is 0.182. The first-order chi connectivity index (χ1) is 14.1. The molecule has 0 aliphatic carbocycles. The minimum absolute atomic E-state index is 0.0339. The van der Waals surface area contributed by atoms with E-state index in [1.54, 1.807) is 30.5 Å². The molecular weight excluding hydrogens is 370 g/mol. The molecule has 0 saturated heterocycles. The van der Waals surface area contributed by atoms with E-state index in [1.807, 2.05) is 31.2 Å². The molecule has 2 heterocycles. The van der Waals surface area contributed by atoms with Crippen molar-refractivity contribution in [2.75, 3.05) is 0 Å². The van der Waals surface area contributed by atoms with Crippen molar-refractivity contribution in [1.82, 2.24) is 9.55 Å². The van der Waals surface area contributed by atoms with Crippen LogP contribution in [-0.2, 0) is 29.1 Å². The Bertz CT molecular complexity index is 1330. The highest BCUT2D eigenvalue weighted by Gasteiger charge is 2.15. The molecule has 0 fully saturated rings. The molecule has 0 amide bonds. The third kappa shape index (κ3) is 3.60. The normalized spacial score (nSPS) is 10.9. The Kier molecular flexibility index (Phi) is 4.83. The molecule has 29 heavy (non-hydrogen) atoms. The minimum atomic E-state index is -0.473. The highest BCUT2D eigenvalue weighted by Crippen LogP contribution is 2.23. The molecule has 4 aromatic rings. The summed E-state index contributed by atoms with van der Waals surface area (Å²) in [7, 11) is 0. The SMILES string of the molecule is Cc1ccc2c(CC(=O)OCc3nc4ccccc4c(=O)n3CC#N)coc2c1. The summed E-state index contributed by atoms with van der Waals surface area (Å²) in [6, 6.07) is 14.6. The van der Waals surface area contributed by atoms with Crippen molar-refractivity contribution in [2.45, 2.75) is 26.5 Å². The molecule has 7 nitrogen and oxygen atoms in total. The number of carbonyl (C=O) groups excluding carboxylic acids is 1. The molecule has 0 saturated carbocycles. The van der Waals surface area contributed by atoms with Gasteiger partial charge in [-0.25, -0.2) is 4.98 Å². The number of benzene rings is 2. The summed E-state index contributed by atoms with van der Waals surface area (Å²) in [6.07, 6.45) is 1.58. The standard InChI is InChI=1S/C22H17N3O4/c1-14-6-7-16-15(12-28-19(16)10-14)11-21(26)29-13-20-24-18-5-3-2-4-17(18)22(27)25(20)9-8-23/h2-7,10,12H,9,11,13H2,1H3. The lowest BCUT2D eigenvalue weighted by Crippen LogP contribution is -2.26. The molecule has 0 spiro atoms. The van der Waals surface area contributed by atoms with Crippen molar-refractivity contribution >= 4 is 27.8 Å². The van der Waals surface area contributed by atoms with Gasteiger partial charge in [-0.1, -0.05) is 24.3 Å². The molecule has 0 N–H and O–H groups in total. The molecule has 0 atom stereocenters. The van der Waals surface area contributed by atoms with Crippen LogP contribution in [0, 0.1) is 18.3 Å². The van der Waals surface area contributed by atoms with E-state index in [-0.39, 0.29) is 31.0 Å². The van der Waals surface area contributed by atoms with Crippen LogP contribution in [0.1, 0.15) is 17.0 Å². The summed E-state index contributed by atoms with van der Waals surface area (Å²) in [5.74, 6) is -0.240. The number of nitriles is 1. The molecule has 0 aliphatic heterocycles. The van der Waals surface area contributed by atoms with E-state index in [1.165, 1.54) is 4.57 Å². The lowest BCUT2D eigenvalue weighted by Gasteiger charge is -2.11. The third-order valence-electron chi connectivity index (χ3n) is 4.68. The molecule has 0 radical (unpaired) electrons. The van der Waals surface area contributed by atoms with Gasteiger partial charge in [0.1, 0.15) is 18.7 Å². The van der Waals surface area contributed by atoms with E-state index in [4.69, 9.17) is 14.4 Å². The van der Waals surface area contributed by atoms with Gasteiger partial charge in [-0.3, -0.25) is 14.2 Å². The highest BCUT2D eigenvalue weighted by atomic mass is 16.5. The van der Waals surface area contributed by atoms with Crippen LogP contribution < -0.4 is 5.56 Å². The van der Waals surface area contributed by atoms with Crippen molar-refractivity contribution in [1.29, 1.82) is 5.26 Å². The van der Waals surface area contributed by atoms with Crippen LogP contribution in [0.15, 0.2) is 57.9 Å². The second-order valence-corrected chi connectivity index (χ2v) is 6.69. The number of rotatable bonds is 5. The Morgan fingerprint density at radius 2 is 2.07 bits per heavy atom. The van der Waals surface area contributed by atoms with Crippen LogP contribution in [0.3, 0.4) is 0 Å². The van der Waals surface area contributed by atoms with Gasteiger partial charge >= 0.3 is 5.97 Å².